The first-order chi connectivity index (χ1) is 10.3. The van der Waals surface area contributed by atoms with Crippen LogP contribution in [0.1, 0.15) is 17.2 Å². The van der Waals surface area contributed by atoms with Crippen LogP contribution in [0.2, 0.25) is 0 Å². The third-order valence-electron chi connectivity index (χ3n) is 3.41. The molecule has 2 rings (SSSR count). The summed E-state index contributed by atoms with van der Waals surface area (Å²) in [6.45, 7) is 0.622. The topological polar surface area (TPSA) is 50.7 Å². The molecule has 112 valence electrons. The number of hydrogen-bond donors (Lipinski definition) is 2. The molecule has 0 unspecified atom stereocenters. The van der Waals surface area contributed by atoms with E-state index in [0.717, 1.165) is 16.9 Å². The molecule has 0 amide bonds. The molecule has 0 radical (unpaired) electrons. The fraction of sp³-hybridized carbons (Fsp3) is 0.294. The maximum absolute atomic E-state index is 9.57. The second-order valence-corrected chi connectivity index (χ2v) is 4.68. The molecule has 0 aliphatic rings. The van der Waals surface area contributed by atoms with Gasteiger partial charge in [0, 0.05) is 12.1 Å². The summed E-state index contributed by atoms with van der Waals surface area (Å²) in [6.07, 6.45) is 0. The van der Waals surface area contributed by atoms with Crippen molar-refractivity contribution in [2.75, 3.05) is 20.8 Å². The second kappa shape index (κ2) is 7.67. The van der Waals surface area contributed by atoms with Crippen LogP contribution in [0.4, 0.5) is 0 Å². The highest BCUT2D eigenvalue weighted by Crippen LogP contribution is 2.30. The number of aliphatic hydroxyl groups is 1. The molecule has 0 aliphatic heterocycles. The van der Waals surface area contributed by atoms with E-state index in [1.54, 1.807) is 14.2 Å². The minimum Gasteiger partial charge on any atom is -0.493 e. The normalized spacial score (nSPS) is 12.0. The van der Waals surface area contributed by atoms with E-state index < -0.39 is 0 Å². The SMILES string of the molecule is COc1cccc(CN[C@H](CO)c2ccccc2)c1OC. The molecule has 0 aliphatic carbocycles. The molecule has 2 N–H and O–H groups in total. The van der Waals surface area contributed by atoms with Crippen LogP contribution >= 0.6 is 0 Å². The van der Waals surface area contributed by atoms with E-state index in [9.17, 15) is 5.11 Å². The molecule has 2 aromatic carbocycles. The molecule has 0 heterocycles. The Bertz CT molecular complexity index is 557. The molecule has 4 nitrogen and oxygen atoms in total. The molecular formula is C17H21NO3. The molecule has 0 bridgehead atoms. The smallest absolute Gasteiger partial charge is 0.165 e. The zero-order valence-electron chi connectivity index (χ0n) is 12.4. The van der Waals surface area contributed by atoms with Gasteiger partial charge in [-0.05, 0) is 11.6 Å². The summed E-state index contributed by atoms with van der Waals surface area (Å²) in [6, 6.07) is 15.5. The first-order valence-corrected chi connectivity index (χ1v) is 6.89. The van der Waals surface area contributed by atoms with E-state index in [2.05, 4.69) is 5.32 Å². The predicted octanol–water partition coefficient (Wildman–Crippen LogP) is 2.53. The first-order valence-electron chi connectivity index (χ1n) is 6.89. The van der Waals surface area contributed by atoms with E-state index >= 15 is 0 Å². The minimum atomic E-state index is -0.109. The average molecular weight is 287 g/mol. The molecule has 0 saturated heterocycles. The molecular weight excluding hydrogens is 266 g/mol. The number of benzene rings is 2. The van der Waals surface area contributed by atoms with Crippen molar-refractivity contribution < 1.29 is 14.6 Å². The van der Waals surface area contributed by atoms with Crippen molar-refractivity contribution >= 4 is 0 Å². The van der Waals surface area contributed by atoms with Gasteiger partial charge in [-0.25, -0.2) is 0 Å². The third kappa shape index (κ3) is 3.74. The Labute approximate surface area is 125 Å². The summed E-state index contributed by atoms with van der Waals surface area (Å²) in [5, 5.41) is 12.9. The molecule has 0 aromatic heterocycles. The van der Waals surface area contributed by atoms with Crippen LogP contribution in [0, 0.1) is 0 Å². The molecule has 2 aromatic rings. The van der Waals surface area contributed by atoms with Crippen LogP contribution in [0.15, 0.2) is 48.5 Å². The second-order valence-electron chi connectivity index (χ2n) is 4.68. The quantitative estimate of drug-likeness (QED) is 0.821. The molecule has 0 fully saturated rings. The van der Waals surface area contributed by atoms with Gasteiger partial charge >= 0.3 is 0 Å². The summed E-state index contributed by atoms with van der Waals surface area (Å²) < 4.78 is 10.7. The lowest BCUT2D eigenvalue weighted by atomic mass is 10.1. The van der Waals surface area contributed by atoms with Crippen molar-refractivity contribution in [2.24, 2.45) is 0 Å². The summed E-state index contributed by atoms with van der Waals surface area (Å²) >= 11 is 0. The Morgan fingerprint density at radius 1 is 1.00 bits per heavy atom. The number of para-hydroxylation sites is 1. The fourth-order valence-corrected chi connectivity index (χ4v) is 2.30. The van der Waals surface area contributed by atoms with Gasteiger partial charge in [-0.1, -0.05) is 42.5 Å². The van der Waals surface area contributed by atoms with Gasteiger partial charge < -0.3 is 19.9 Å². The van der Waals surface area contributed by atoms with Gasteiger partial charge in [0.15, 0.2) is 11.5 Å². The lowest BCUT2D eigenvalue weighted by molar-refractivity contribution is 0.243. The molecule has 21 heavy (non-hydrogen) atoms. The number of ether oxygens (including phenoxy) is 2. The zero-order chi connectivity index (χ0) is 15.1. The molecule has 1 atom stereocenters. The van der Waals surface area contributed by atoms with Crippen LogP contribution < -0.4 is 14.8 Å². The standard InChI is InChI=1S/C17H21NO3/c1-20-16-10-6-9-14(17(16)21-2)11-18-15(12-19)13-7-4-3-5-8-13/h3-10,15,18-19H,11-12H2,1-2H3/t15-/m1/s1. The zero-order valence-corrected chi connectivity index (χ0v) is 12.4. The summed E-state index contributed by atoms with van der Waals surface area (Å²) in [5.41, 5.74) is 2.05. The van der Waals surface area contributed by atoms with Crippen LogP contribution in [0.3, 0.4) is 0 Å². The van der Waals surface area contributed by atoms with E-state index in [1.165, 1.54) is 0 Å². The maximum atomic E-state index is 9.57. The predicted molar refractivity (Wildman–Crippen MR) is 82.7 cm³/mol. The third-order valence-corrected chi connectivity index (χ3v) is 3.41. The summed E-state index contributed by atoms with van der Waals surface area (Å²) in [5.74, 6) is 1.43. The highest BCUT2D eigenvalue weighted by Gasteiger charge is 2.13. The molecule has 0 saturated carbocycles. The number of nitrogens with one attached hydrogen (secondary N) is 1. The van der Waals surface area contributed by atoms with Gasteiger partial charge in [0.25, 0.3) is 0 Å². The largest absolute Gasteiger partial charge is 0.493 e. The number of methoxy groups -OCH3 is 2. The summed E-state index contributed by atoms with van der Waals surface area (Å²) in [7, 11) is 3.25. The van der Waals surface area contributed by atoms with Crippen LogP contribution in [0.5, 0.6) is 11.5 Å². The van der Waals surface area contributed by atoms with E-state index in [1.807, 2.05) is 48.5 Å². The Kier molecular flexibility index (Phi) is 5.60. The molecule has 4 heteroatoms. The average Bonchev–Trinajstić information content (AvgIpc) is 2.56. The van der Waals surface area contributed by atoms with E-state index in [-0.39, 0.29) is 12.6 Å². The van der Waals surface area contributed by atoms with Crippen molar-refractivity contribution in [1.82, 2.24) is 5.32 Å². The number of aliphatic hydroxyl groups excluding tert-OH is 1. The van der Waals surface area contributed by atoms with Gasteiger partial charge in [-0.2, -0.15) is 0 Å². The van der Waals surface area contributed by atoms with Crippen LogP contribution in [-0.4, -0.2) is 25.9 Å². The lowest BCUT2D eigenvalue weighted by Crippen LogP contribution is -2.24. The van der Waals surface area contributed by atoms with E-state index in [0.29, 0.717) is 12.3 Å². The number of hydrogen-bond acceptors (Lipinski definition) is 4. The van der Waals surface area contributed by atoms with Crippen molar-refractivity contribution in [3.8, 4) is 11.5 Å². The molecule has 0 spiro atoms. The van der Waals surface area contributed by atoms with Crippen LogP contribution in [0.25, 0.3) is 0 Å². The minimum absolute atomic E-state index is 0.0380. The van der Waals surface area contributed by atoms with Gasteiger partial charge in [0.2, 0.25) is 0 Å². The van der Waals surface area contributed by atoms with Crippen molar-refractivity contribution in [1.29, 1.82) is 0 Å². The van der Waals surface area contributed by atoms with Gasteiger partial charge in [0.05, 0.1) is 26.9 Å². The summed E-state index contributed by atoms with van der Waals surface area (Å²) in [4.78, 5) is 0. The van der Waals surface area contributed by atoms with Gasteiger partial charge in [-0.3, -0.25) is 0 Å². The van der Waals surface area contributed by atoms with Crippen molar-refractivity contribution in [3.63, 3.8) is 0 Å². The van der Waals surface area contributed by atoms with Crippen molar-refractivity contribution in [2.45, 2.75) is 12.6 Å². The Hall–Kier alpha value is -2.04. The first kappa shape index (κ1) is 15.4. The highest BCUT2D eigenvalue weighted by molar-refractivity contribution is 5.46. The highest BCUT2D eigenvalue weighted by atomic mass is 16.5. The van der Waals surface area contributed by atoms with Crippen LogP contribution in [-0.2, 0) is 6.54 Å². The lowest BCUT2D eigenvalue weighted by Gasteiger charge is -2.18. The van der Waals surface area contributed by atoms with Crippen molar-refractivity contribution in [3.05, 3.63) is 59.7 Å². The fourth-order valence-electron chi connectivity index (χ4n) is 2.30. The maximum Gasteiger partial charge on any atom is 0.165 e. The Morgan fingerprint density at radius 2 is 1.76 bits per heavy atom. The van der Waals surface area contributed by atoms with E-state index in [4.69, 9.17) is 9.47 Å². The Morgan fingerprint density at radius 3 is 2.38 bits per heavy atom. The Balaban J connectivity index is 2.12. The van der Waals surface area contributed by atoms with Gasteiger partial charge in [0.1, 0.15) is 0 Å². The monoisotopic (exact) mass is 287 g/mol. The van der Waals surface area contributed by atoms with Gasteiger partial charge in [-0.15, -0.1) is 0 Å². The number of rotatable bonds is 7.